The van der Waals surface area contributed by atoms with Crippen LogP contribution < -0.4 is 0 Å². The van der Waals surface area contributed by atoms with E-state index >= 15 is 0 Å². The Bertz CT molecular complexity index is 500. The van der Waals surface area contributed by atoms with Crippen molar-refractivity contribution in [3.63, 3.8) is 0 Å². The lowest BCUT2D eigenvalue weighted by atomic mass is 10.0. The molecule has 0 fully saturated rings. The summed E-state index contributed by atoms with van der Waals surface area (Å²) < 4.78 is 5.28. The molecule has 0 spiro atoms. The number of aryl methyl sites for hydroxylation is 1. The Balaban J connectivity index is 2.46. The van der Waals surface area contributed by atoms with Crippen LogP contribution in [0.1, 0.15) is 18.2 Å². The number of Topliss-reactive ketones (excluding diaryl/α,β-unsaturated/α-hetero) is 1. The molecule has 0 atom stereocenters. The first-order chi connectivity index (χ1) is 7.68. The van der Waals surface area contributed by atoms with Gasteiger partial charge in [-0.05, 0) is 13.8 Å². The second-order valence-electron chi connectivity index (χ2n) is 3.82. The topological polar surface area (TPSA) is 43.1 Å². The average Bonchev–Trinajstić information content (AvgIpc) is 2.61. The summed E-state index contributed by atoms with van der Waals surface area (Å²) in [5.41, 5.74) is 2.63. The molecule has 2 rings (SSSR count). The Hall–Kier alpha value is -1.90. The van der Waals surface area contributed by atoms with Gasteiger partial charge in [-0.25, -0.2) is 0 Å². The number of rotatable bonds is 3. The average molecular weight is 215 g/mol. The highest BCUT2D eigenvalue weighted by Gasteiger charge is 2.15. The van der Waals surface area contributed by atoms with Gasteiger partial charge in [-0.1, -0.05) is 35.5 Å². The fraction of sp³-hybridized carbons (Fsp3) is 0.231. The molecule has 82 valence electrons. The minimum Gasteiger partial charge on any atom is -0.356 e. The van der Waals surface area contributed by atoms with Crippen molar-refractivity contribution in [2.24, 2.45) is 0 Å². The maximum Gasteiger partial charge on any atom is 0.170 e. The molecule has 0 amide bonds. The number of nitrogens with zero attached hydrogens (tertiary/aromatic N) is 1. The molecule has 1 heterocycles. The highest BCUT2D eigenvalue weighted by Crippen LogP contribution is 2.26. The van der Waals surface area contributed by atoms with Crippen molar-refractivity contribution in [3.05, 3.63) is 41.6 Å². The van der Waals surface area contributed by atoms with Crippen molar-refractivity contribution in [2.45, 2.75) is 20.3 Å². The molecule has 0 aliphatic rings. The van der Waals surface area contributed by atoms with Crippen molar-refractivity contribution in [3.8, 4) is 11.3 Å². The third-order valence-corrected chi connectivity index (χ3v) is 2.45. The quantitative estimate of drug-likeness (QED) is 0.790. The molecular formula is C13H13NO2. The van der Waals surface area contributed by atoms with E-state index in [4.69, 9.17) is 4.52 Å². The zero-order valence-corrected chi connectivity index (χ0v) is 9.36. The number of benzene rings is 1. The molecule has 16 heavy (non-hydrogen) atoms. The maximum atomic E-state index is 11.2. The van der Waals surface area contributed by atoms with Crippen LogP contribution in [-0.4, -0.2) is 10.9 Å². The van der Waals surface area contributed by atoms with E-state index in [2.05, 4.69) is 5.16 Å². The Morgan fingerprint density at radius 2 is 2.00 bits per heavy atom. The largest absolute Gasteiger partial charge is 0.356 e. The summed E-state index contributed by atoms with van der Waals surface area (Å²) in [6.45, 7) is 3.43. The molecule has 1 aromatic carbocycles. The van der Waals surface area contributed by atoms with Gasteiger partial charge in [-0.15, -0.1) is 0 Å². The summed E-state index contributed by atoms with van der Waals surface area (Å²) in [7, 11) is 0. The third kappa shape index (κ3) is 2.03. The number of aromatic nitrogens is 1. The highest BCUT2D eigenvalue weighted by molar-refractivity contribution is 5.80. The zero-order chi connectivity index (χ0) is 11.5. The smallest absolute Gasteiger partial charge is 0.170 e. The van der Waals surface area contributed by atoms with Gasteiger partial charge in [0.25, 0.3) is 0 Å². The predicted octanol–water partition coefficient (Wildman–Crippen LogP) is 2.78. The summed E-state index contributed by atoms with van der Waals surface area (Å²) in [5, 5.41) is 3.92. The van der Waals surface area contributed by atoms with E-state index in [1.165, 1.54) is 0 Å². The lowest BCUT2D eigenvalue weighted by molar-refractivity contribution is -0.116. The minimum absolute atomic E-state index is 0.114. The molecule has 3 heteroatoms. The summed E-state index contributed by atoms with van der Waals surface area (Å²) in [4.78, 5) is 11.2. The van der Waals surface area contributed by atoms with E-state index in [9.17, 15) is 4.79 Å². The first-order valence-electron chi connectivity index (χ1n) is 5.18. The first-order valence-corrected chi connectivity index (χ1v) is 5.18. The minimum atomic E-state index is 0.114. The number of ketones is 1. The maximum absolute atomic E-state index is 11.2. The van der Waals surface area contributed by atoms with Gasteiger partial charge in [0.2, 0.25) is 0 Å². The molecule has 0 aliphatic carbocycles. The summed E-state index contributed by atoms with van der Waals surface area (Å²) in [6, 6.07) is 9.71. The van der Waals surface area contributed by atoms with Crippen molar-refractivity contribution >= 4 is 5.78 Å². The van der Waals surface area contributed by atoms with Crippen molar-refractivity contribution in [1.29, 1.82) is 0 Å². The summed E-state index contributed by atoms with van der Waals surface area (Å²) in [5.74, 6) is 0.816. The van der Waals surface area contributed by atoms with Crippen LogP contribution in [0.5, 0.6) is 0 Å². The Kier molecular flexibility index (Phi) is 2.86. The fourth-order valence-electron chi connectivity index (χ4n) is 1.66. The SMILES string of the molecule is CC(=O)Cc1c(C)noc1-c1ccccc1. The standard InChI is InChI=1S/C13H13NO2/c1-9(15)8-12-10(2)14-16-13(12)11-6-4-3-5-7-11/h3-7H,8H2,1-2H3. The monoisotopic (exact) mass is 215 g/mol. The predicted molar refractivity (Wildman–Crippen MR) is 61.1 cm³/mol. The third-order valence-electron chi connectivity index (χ3n) is 2.45. The number of hydrogen-bond donors (Lipinski definition) is 0. The molecular weight excluding hydrogens is 202 g/mol. The first kappa shape index (κ1) is 10.6. The van der Waals surface area contributed by atoms with Gasteiger partial charge >= 0.3 is 0 Å². The molecule has 0 saturated carbocycles. The van der Waals surface area contributed by atoms with E-state index in [0.29, 0.717) is 12.2 Å². The normalized spacial score (nSPS) is 10.4. The lowest BCUT2D eigenvalue weighted by Crippen LogP contribution is -1.98. The van der Waals surface area contributed by atoms with E-state index in [-0.39, 0.29) is 5.78 Å². The lowest BCUT2D eigenvalue weighted by Gasteiger charge is -1.99. The van der Waals surface area contributed by atoms with Crippen LogP contribution in [0, 0.1) is 6.92 Å². The fourth-order valence-corrected chi connectivity index (χ4v) is 1.66. The van der Waals surface area contributed by atoms with Crippen LogP contribution in [0.3, 0.4) is 0 Å². The molecule has 3 nitrogen and oxygen atoms in total. The molecule has 0 N–H and O–H groups in total. The van der Waals surface area contributed by atoms with Crippen LogP contribution in [0.15, 0.2) is 34.9 Å². The summed E-state index contributed by atoms with van der Waals surface area (Å²) >= 11 is 0. The second-order valence-corrected chi connectivity index (χ2v) is 3.82. The highest BCUT2D eigenvalue weighted by atomic mass is 16.5. The van der Waals surface area contributed by atoms with Crippen LogP contribution >= 0.6 is 0 Å². The Morgan fingerprint density at radius 1 is 1.31 bits per heavy atom. The molecule has 0 bridgehead atoms. The van der Waals surface area contributed by atoms with Gasteiger partial charge in [0, 0.05) is 17.5 Å². The molecule has 0 radical (unpaired) electrons. The van der Waals surface area contributed by atoms with Gasteiger partial charge in [-0.2, -0.15) is 0 Å². The van der Waals surface area contributed by atoms with E-state index in [1.807, 2.05) is 37.3 Å². The molecule has 0 unspecified atom stereocenters. The van der Waals surface area contributed by atoms with Crippen LogP contribution in [0.25, 0.3) is 11.3 Å². The molecule has 0 saturated heterocycles. The van der Waals surface area contributed by atoms with Gasteiger partial charge in [0.05, 0.1) is 5.69 Å². The number of carbonyl (C=O) groups is 1. The van der Waals surface area contributed by atoms with Crippen LogP contribution in [-0.2, 0) is 11.2 Å². The van der Waals surface area contributed by atoms with Crippen molar-refractivity contribution in [1.82, 2.24) is 5.16 Å². The molecule has 0 aliphatic heterocycles. The van der Waals surface area contributed by atoms with Gasteiger partial charge in [0.1, 0.15) is 5.78 Å². The van der Waals surface area contributed by atoms with Gasteiger partial charge in [0.15, 0.2) is 5.76 Å². The summed E-state index contributed by atoms with van der Waals surface area (Å²) in [6.07, 6.45) is 0.375. The van der Waals surface area contributed by atoms with E-state index in [0.717, 1.165) is 16.8 Å². The zero-order valence-electron chi connectivity index (χ0n) is 9.36. The Labute approximate surface area is 94.1 Å². The van der Waals surface area contributed by atoms with Crippen LogP contribution in [0.2, 0.25) is 0 Å². The van der Waals surface area contributed by atoms with E-state index < -0.39 is 0 Å². The number of carbonyl (C=O) groups excluding carboxylic acids is 1. The van der Waals surface area contributed by atoms with Crippen molar-refractivity contribution < 1.29 is 9.32 Å². The second kappa shape index (κ2) is 4.31. The van der Waals surface area contributed by atoms with Crippen molar-refractivity contribution in [2.75, 3.05) is 0 Å². The molecule has 1 aromatic heterocycles. The van der Waals surface area contributed by atoms with Crippen LogP contribution in [0.4, 0.5) is 0 Å². The van der Waals surface area contributed by atoms with E-state index in [1.54, 1.807) is 6.92 Å². The van der Waals surface area contributed by atoms with Gasteiger partial charge < -0.3 is 4.52 Å². The number of hydrogen-bond acceptors (Lipinski definition) is 3. The Morgan fingerprint density at radius 3 is 2.62 bits per heavy atom. The molecule has 2 aromatic rings. The van der Waals surface area contributed by atoms with Gasteiger partial charge in [-0.3, -0.25) is 4.79 Å².